The number of hydrogen-bond acceptors (Lipinski definition) is 15. The minimum absolute atomic E-state index is 0.0109. The van der Waals surface area contributed by atoms with E-state index >= 15 is 0 Å². The molecule has 9 N–H and O–H groups in total. The second-order valence-electron chi connectivity index (χ2n) is 20.4. The van der Waals surface area contributed by atoms with Crippen molar-refractivity contribution in [1.82, 2.24) is 31.9 Å². The van der Waals surface area contributed by atoms with Crippen molar-refractivity contribution in [2.24, 2.45) is 11.7 Å². The maximum absolute atomic E-state index is 14.4. The van der Waals surface area contributed by atoms with Crippen molar-refractivity contribution < 1.29 is 72.0 Å². The molecule has 3 aliphatic rings. The van der Waals surface area contributed by atoms with Gasteiger partial charge in [0.05, 0.1) is 19.4 Å². The summed E-state index contributed by atoms with van der Waals surface area (Å²) < 4.78 is 22.4. The molecular formula is C55H77N7O15. The van der Waals surface area contributed by atoms with E-state index in [2.05, 4.69) is 31.9 Å². The molecule has 2 aromatic rings. The zero-order valence-corrected chi connectivity index (χ0v) is 44.2. The van der Waals surface area contributed by atoms with Crippen molar-refractivity contribution in [3.8, 4) is 5.75 Å². The van der Waals surface area contributed by atoms with Crippen LogP contribution in [0.2, 0.25) is 0 Å². The number of alkyl carbamates (subject to hydrolysis) is 1. The molecule has 0 aliphatic heterocycles. The predicted molar refractivity (Wildman–Crippen MR) is 277 cm³/mol. The number of aromatic hydroxyl groups is 1. The molecule has 77 heavy (non-hydrogen) atoms. The summed E-state index contributed by atoms with van der Waals surface area (Å²) in [5.41, 5.74) is 6.77. The Kier molecular flexibility index (Phi) is 25.0. The number of phenols is 1. The van der Waals surface area contributed by atoms with Crippen molar-refractivity contribution in [3.05, 3.63) is 65.7 Å². The fraction of sp³-hybridized carbons (Fsp3) is 0.600. The third-order valence-corrected chi connectivity index (χ3v) is 13.7. The molecule has 5 rings (SSSR count). The van der Waals surface area contributed by atoms with Crippen LogP contribution in [0, 0.1) is 5.92 Å². The summed E-state index contributed by atoms with van der Waals surface area (Å²) in [6.07, 6.45) is 7.70. The molecule has 0 saturated heterocycles. The van der Waals surface area contributed by atoms with E-state index in [-0.39, 0.29) is 43.8 Å². The number of amides is 7. The van der Waals surface area contributed by atoms with E-state index < -0.39 is 121 Å². The van der Waals surface area contributed by atoms with Crippen molar-refractivity contribution in [2.75, 3.05) is 6.54 Å². The fourth-order valence-corrected chi connectivity index (χ4v) is 9.40. The van der Waals surface area contributed by atoms with E-state index in [0.717, 1.165) is 57.8 Å². The van der Waals surface area contributed by atoms with E-state index in [1.165, 1.54) is 24.3 Å². The highest BCUT2D eigenvalue weighted by Crippen LogP contribution is 2.24. The van der Waals surface area contributed by atoms with Crippen LogP contribution in [0.15, 0.2) is 54.6 Å². The number of benzene rings is 2. The van der Waals surface area contributed by atoms with Crippen LogP contribution in [-0.4, -0.2) is 120 Å². The molecule has 0 radical (unpaired) electrons. The topological polar surface area (TPSA) is 326 Å². The average molecular weight is 1080 g/mol. The number of rotatable bonds is 27. The van der Waals surface area contributed by atoms with Crippen LogP contribution in [-0.2, 0) is 75.1 Å². The standard InChI is InChI=1S/C55H77N7O15/c1-34(2)49(54(72)60-43(30-47(66)76-39-19-11-5-12-20-39)51(69)57-32-45(64)58-42(50(56)68)29-35-23-25-37(63)26-24-35)62-52(70)41(27-28-46(65)75-38-17-9-4-10-18-38)59-53(71)44(31-48(67)77-40-21-13-6-14-22-40)61-55(73)74-33-36-15-7-3-8-16-36/h3,7-8,15-16,23-26,34,38-44,49,63H,4-6,9-14,17-22,27-33H2,1-2H3,(H2,56,68)(H,57,69)(H,58,64)(H,59,71)(H,60,72)(H,61,73)(H,62,70)/t41-,42-,43-,44-,49-/m0/s1. The number of esters is 3. The Morgan fingerprint density at radius 2 is 1.04 bits per heavy atom. The molecule has 7 amide bonds. The Morgan fingerprint density at radius 1 is 0.545 bits per heavy atom. The zero-order chi connectivity index (χ0) is 55.7. The number of phenolic OH excluding ortho intramolecular Hbond substituents is 1. The van der Waals surface area contributed by atoms with Crippen LogP contribution in [0.1, 0.15) is 147 Å². The molecule has 0 spiro atoms. The number of nitrogens with one attached hydrogen (secondary N) is 6. The largest absolute Gasteiger partial charge is 0.508 e. The first kappa shape index (κ1) is 60.6. The lowest BCUT2D eigenvalue weighted by molar-refractivity contribution is -0.153. The van der Waals surface area contributed by atoms with Crippen molar-refractivity contribution in [1.29, 1.82) is 0 Å². The third-order valence-electron chi connectivity index (χ3n) is 13.7. The van der Waals surface area contributed by atoms with Gasteiger partial charge < -0.3 is 61.7 Å². The van der Waals surface area contributed by atoms with Gasteiger partial charge in [-0.1, -0.05) is 75.6 Å². The summed E-state index contributed by atoms with van der Waals surface area (Å²) in [6, 6.07) is 7.10. The molecule has 2 aromatic carbocycles. The highest BCUT2D eigenvalue weighted by Gasteiger charge is 2.36. The van der Waals surface area contributed by atoms with Crippen molar-refractivity contribution in [2.45, 2.75) is 197 Å². The first-order valence-electron chi connectivity index (χ1n) is 27.0. The number of primary amides is 1. The van der Waals surface area contributed by atoms with E-state index in [1.54, 1.807) is 44.2 Å². The molecule has 22 nitrogen and oxygen atoms in total. The van der Waals surface area contributed by atoms with Crippen LogP contribution in [0.5, 0.6) is 5.75 Å². The van der Waals surface area contributed by atoms with Gasteiger partial charge in [-0.15, -0.1) is 0 Å². The normalized spacial score (nSPS) is 17.1. The van der Waals surface area contributed by atoms with Gasteiger partial charge in [0.1, 0.15) is 60.9 Å². The summed E-state index contributed by atoms with van der Waals surface area (Å²) in [6.45, 7) is 2.29. The van der Waals surface area contributed by atoms with Gasteiger partial charge >= 0.3 is 24.0 Å². The number of nitrogens with two attached hydrogens (primary N) is 1. The van der Waals surface area contributed by atoms with Gasteiger partial charge in [0.25, 0.3) is 0 Å². The summed E-state index contributed by atoms with van der Waals surface area (Å²) in [5, 5.41) is 24.6. The maximum atomic E-state index is 14.4. The third kappa shape index (κ3) is 22.1. The molecule has 3 saturated carbocycles. The summed E-state index contributed by atoms with van der Waals surface area (Å²) in [5.74, 6) is -8.55. The minimum atomic E-state index is -1.65. The van der Waals surface area contributed by atoms with Crippen molar-refractivity contribution in [3.63, 3.8) is 0 Å². The Labute approximate surface area is 449 Å². The Morgan fingerprint density at radius 3 is 1.56 bits per heavy atom. The van der Waals surface area contributed by atoms with E-state index in [1.807, 2.05) is 0 Å². The number of ether oxygens (including phenoxy) is 4. The van der Waals surface area contributed by atoms with Gasteiger partial charge in [0.15, 0.2) is 0 Å². The lowest BCUT2D eigenvalue weighted by Crippen LogP contribution is -2.60. The van der Waals surface area contributed by atoms with Gasteiger partial charge in [-0.2, -0.15) is 0 Å². The summed E-state index contributed by atoms with van der Waals surface area (Å²) in [7, 11) is 0. The monoisotopic (exact) mass is 1080 g/mol. The lowest BCUT2D eigenvalue weighted by atomic mass is 9.97. The van der Waals surface area contributed by atoms with Crippen LogP contribution in [0.25, 0.3) is 0 Å². The Balaban J connectivity index is 1.32. The van der Waals surface area contributed by atoms with Gasteiger partial charge in [-0.3, -0.25) is 43.2 Å². The number of carbonyl (C=O) groups excluding carboxylic acids is 10. The highest BCUT2D eigenvalue weighted by atomic mass is 16.6. The van der Waals surface area contributed by atoms with Crippen LogP contribution in [0.3, 0.4) is 0 Å². The average Bonchev–Trinajstić information content (AvgIpc) is 3.40. The highest BCUT2D eigenvalue weighted by molar-refractivity contribution is 5.98. The molecule has 3 aliphatic carbocycles. The maximum Gasteiger partial charge on any atom is 0.408 e. The van der Waals surface area contributed by atoms with Gasteiger partial charge in [-0.05, 0) is 113 Å². The molecule has 0 heterocycles. The number of hydrogen-bond donors (Lipinski definition) is 8. The molecule has 22 heteroatoms. The molecular weight excluding hydrogens is 999 g/mol. The van der Waals surface area contributed by atoms with E-state index in [0.29, 0.717) is 49.7 Å². The molecule has 3 fully saturated rings. The Hall–Kier alpha value is -7.26. The molecule has 0 bridgehead atoms. The van der Waals surface area contributed by atoms with Crippen LogP contribution < -0.4 is 37.6 Å². The molecule has 5 atom stereocenters. The van der Waals surface area contributed by atoms with Crippen LogP contribution >= 0.6 is 0 Å². The number of carbonyl (C=O) groups is 10. The van der Waals surface area contributed by atoms with Gasteiger partial charge in [-0.25, -0.2) is 4.79 Å². The second-order valence-corrected chi connectivity index (χ2v) is 20.4. The minimum Gasteiger partial charge on any atom is -0.508 e. The van der Waals surface area contributed by atoms with E-state index in [9.17, 15) is 53.1 Å². The lowest BCUT2D eigenvalue weighted by Gasteiger charge is -2.28. The Bertz CT molecular complexity index is 2300. The SMILES string of the molecule is CC(C)[C@H](NC(=O)[C@H](CCC(=O)OC1CCCCC1)NC(=O)[C@H](CC(=O)OC1CCCCC1)NC(=O)OCc1ccccc1)C(=O)N[C@@H](CC(=O)OC1CCCCC1)C(=O)NCC(=O)N[C@@H](Cc1ccc(O)cc1)C(N)=O. The molecule has 422 valence electrons. The predicted octanol–water partition coefficient (Wildman–Crippen LogP) is 3.61. The second kappa shape index (κ2) is 31.7. The fourth-order valence-electron chi connectivity index (χ4n) is 9.40. The van der Waals surface area contributed by atoms with Gasteiger partial charge in [0, 0.05) is 12.8 Å². The van der Waals surface area contributed by atoms with Crippen LogP contribution in [0.4, 0.5) is 4.79 Å². The van der Waals surface area contributed by atoms with Gasteiger partial charge in [0.2, 0.25) is 35.4 Å². The van der Waals surface area contributed by atoms with E-state index in [4.69, 9.17) is 24.7 Å². The first-order valence-corrected chi connectivity index (χ1v) is 27.0. The quantitative estimate of drug-likeness (QED) is 0.0468. The smallest absolute Gasteiger partial charge is 0.408 e. The summed E-state index contributed by atoms with van der Waals surface area (Å²) >= 11 is 0. The zero-order valence-electron chi connectivity index (χ0n) is 44.2. The van der Waals surface area contributed by atoms with Crippen molar-refractivity contribution >= 4 is 59.4 Å². The molecule has 0 aromatic heterocycles. The first-order chi connectivity index (χ1) is 36.9. The summed E-state index contributed by atoms with van der Waals surface area (Å²) in [4.78, 5) is 135. The molecule has 0 unspecified atom stereocenters.